The first-order chi connectivity index (χ1) is 18.4. The van der Waals surface area contributed by atoms with Crippen molar-refractivity contribution in [3.8, 4) is 17.2 Å². The number of rotatable bonds is 10. The van der Waals surface area contributed by atoms with Gasteiger partial charge in [0.15, 0.2) is 11.5 Å². The molecule has 1 fully saturated rings. The predicted molar refractivity (Wildman–Crippen MR) is 146 cm³/mol. The highest BCUT2D eigenvalue weighted by atomic mass is 79.9. The summed E-state index contributed by atoms with van der Waals surface area (Å²) >= 11 is 3.41. The molecule has 4 amide bonds. The third kappa shape index (κ3) is 6.41. The topological polar surface area (TPSA) is 94.2 Å². The number of nitrogens with zero attached hydrogens (tertiary/aromatic N) is 1. The molecule has 3 aromatic carbocycles. The molecule has 9 heteroatoms. The Bertz CT molecular complexity index is 1370. The van der Waals surface area contributed by atoms with Crippen molar-refractivity contribution in [2.24, 2.45) is 0 Å². The Hall–Kier alpha value is -4.11. The lowest BCUT2D eigenvalue weighted by Gasteiger charge is -2.26. The average molecular weight is 579 g/mol. The average Bonchev–Trinajstić information content (AvgIpc) is 2.92. The Balaban J connectivity index is 1.55. The van der Waals surface area contributed by atoms with Gasteiger partial charge in [-0.2, -0.15) is 0 Å². The quantitative estimate of drug-likeness (QED) is 0.252. The number of barbiturate groups is 1. The maximum absolute atomic E-state index is 13.3. The smallest absolute Gasteiger partial charge is 0.331 e. The summed E-state index contributed by atoms with van der Waals surface area (Å²) in [6.45, 7) is 2.79. The van der Waals surface area contributed by atoms with Gasteiger partial charge >= 0.3 is 6.03 Å². The molecule has 196 valence electrons. The first-order valence-electron chi connectivity index (χ1n) is 12.0. The summed E-state index contributed by atoms with van der Waals surface area (Å²) in [6.07, 6.45) is 2.28. The van der Waals surface area contributed by atoms with Crippen LogP contribution >= 0.6 is 15.9 Å². The Morgan fingerprint density at radius 3 is 2.37 bits per heavy atom. The molecule has 38 heavy (non-hydrogen) atoms. The maximum Gasteiger partial charge on any atom is 0.331 e. The summed E-state index contributed by atoms with van der Waals surface area (Å²) < 4.78 is 18.0. The monoisotopic (exact) mass is 578 g/mol. The second kappa shape index (κ2) is 12.4. The third-order valence-electron chi connectivity index (χ3n) is 5.74. The van der Waals surface area contributed by atoms with Crippen LogP contribution < -0.4 is 19.5 Å². The van der Waals surface area contributed by atoms with Crippen LogP contribution in [0, 0.1) is 0 Å². The minimum atomic E-state index is -0.790. The minimum Gasteiger partial charge on any atom is -0.493 e. The number of imide groups is 2. The SMILES string of the molecule is CCCOc1ccc(CN2C(=O)NC(=O)/C(=C\c3ccccc3OCc3ccc(Br)cc3)C2=O)cc1OC. The van der Waals surface area contributed by atoms with E-state index in [1.54, 1.807) is 42.5 Å². The number of amides is 4. The molecule has 0 aromatic heterocycles. The highest BCUT2D eigenvalue weighted by molar-refractivity contribution is 9.10. The molecule has 3 aromatic rings. The standard InChI is InChI=1S/C29H27BrN2O6/c1-3-14-37-25-13-10-20(15-26(25)36-2)17-32-28(34)23(27(33)31-29(32)35)16-21-6-4-5-7-24(21)38-18-19-8-11-22(30)12-9-19/h4-13,15-16H,3,14,17-18H2,1-2H3,(H,31,33,35)/b23-16+. The minimum absolute atomic E-state index is 0.0541. The molecule has 8 nitrogen and oxygen atoms in total. The summed E-state index contributed by atoms with van der Waals surface area (Å²) in [6, 6.07) is 19.2. The van der Waals surface area contributed by atoms with Gasteiger partial charge in [-0.15, -0.1) is 0 Å². The molecule has 4 rings (SSSR count). The van der Waals surface area contributed by atoms with Crippen LogP contribution in [0.1, 0.15) is 30.0 Å². The summed E-state index contributed by atoms with van der Waals surface area (Å²) in [7, 11) is 1.52. The second-order valence-electron chi connectivity index (χ2n) is 8.50. The van der Waals surface area contributed by atoms with Crippen molar-refractivity contribution < 1.29 is 28.6 Å². The molecular weight excluding hydrogens is 552 g/mol. The number of methoxy groups -OCH3 is 1. The van der Waals surface area contributed by atoms with E-state index in [0.29, 0.717) is 41.6 Å². The van der Waals surface area contributed by atoms with E-state index in [9.17, 15) is 14.4 Å². The summed E-state index contributed by atoms with van der Waals surface area (Å²) in [5.74, 6) is 0.0958. The Morgan fingerprint density at radius 1 is 0.895 bits per heavy atom. The van der Waals surface area contributed by atoms with Crippen LogP contribution in [-0.4, -0.2) is 36.5 Å². The largest absolute Gasteiger partial charge is 0.493 e. The van der Waals surface area contributed by atoms with Crippen LogP contribution in [0.15, 0.2) is 76.8 Å². The maximum atomic E-state index is 13.3. The van der Waals surface area contributed by atoms with Crippen LogP contribution in [0.4, 0.5) is 4.79 Å². The van der Waals surface area contributed by atoms with Crippen LogP contribution in [-0.2, 0) is 22.7 Å². The van der Waals surface area contributed by atoms with Crippen LogP contribution in [0.25, 0.3) is 6.08 Å². The first kappa shape index (κ1) is 26.9. The molecule has 1 aliphatic rings. The Kier molecular flexibility index (Phi) is 8.81. The molecule has 0 unspecified atom stereocenters. The van der Waals surface area contributed by atoms with Crippen molar-refractivity contribution >= 4 is 39.9 Å². The van der Waals surface area contributed by atoms with Gasteiger partial charge in [0, 0.05) is 10.0 Å². The van der Waals surface area contributed by atoms with Crippen molar-refractivity contribution in [3.05, 3.63) is 93.5 Å². The van der Waals surface area contributed by atoms with Crippen LogP contribution in [0.3, 0.4) is 0 Å². The highest BCUT2D eigenvalue weighted by Crippen LogP contribution is 2.30. The summed E-state index contributed by atoms with van der Waals surface area (Å²) in [5, 5.41) is 2.26. The Labute approximate surface area is 229 Å². The normalized spacial score (nSPS) is 14.4. The van der Waals surface area contributed by atoms with Gasteiger partial charge in [0.05, 0.1) is 20.3 Å². The summed E-state index contributed by atoms with van der Waals surface area (Å²) in [4.78, 5) is 39.5. The molecular formula is C29H27BrN2O6. The van der Waals surface area contributed by atoms with E-state index in [2.05, 4.69) is 21.2 Å². The van der Waals surface area contributed by atoms with E-state index >= 15 is 0 Å². The number of halogens is 1. The van der Waals surface area contributed by atoms with E-state index < -0.39 is 17.8 Å². The number of urea groups is 1. The van der Waals surface area contributed by atoms with E-state index in [1.807, 2.05) is 31.2 Å². The van der Waals surface area contributed by atoms with Gasteiger partial charge in [0.1, 0.15) is 17.9 Å². The zero-order valence-electron chi connectivity index (χ0n) is 21.0. The lowest BCUT2D eigenvalue weighted by molar-refractivity contribution is -0.130. The molecule has 0 bridgehead atoms. The van der Waals surface area contributed by atoms with Gasteiger partial charge in [0.25, 0.3) is 11.8 Å². The zero-order valence-corrected chi connectivity index (χ0v) is 22.6. The van der Waals surface area contributed by atoms with Crippen molar-refractivity contribution in [3.63, 3.8) is 0 Å². The fraction of sp³-hybridized carbons (Fsp3) is 0.207. The fourth-order valence-electron chi connectivity index (χ4n) is 3.79. The van der Waals surface area contributed by atoms with Crippen molar-refractivity contribution in [2.45, 2.75) is 26.5 Å². The van der Waals surface area contributed by atoms with Crippen molar-refractivity contribution in [1.29, 1.82) is 0 Å². The van der Waals surface area contributed by atoms with E-state index in [0.717, 1.165) is 21.4 Å². The van der Waals surface area contributed by atoms with Gasteiger partial charge in [-0.05, 0) is 54.0 Å². The number of ether oxygens (including phenoxy) is 3. The van der Waals surface area contributed by atoms with Gasteiger partial charge in [0.2, 0.25) is 0 Å². The van der Waals surface area contributed by atoms with E-state index in [-0.39, 0.29) is 12.1 Å². The Morgan fingerprint density at radius 2 is 1.63 bits per heavy atom. The first-order valence-corrected chi connectivity index (χ1v) is 12.8. The zero-order chi connectivity index (χ0) is 27.1. The highest BCUT2D eigenvalue weighted by Gasteiger charge is 2.36. The molecule has 0 atom stereocenters. The third-order valence-corrected chi connectivity index (χ3v) is 6.27. The molecule has 1 N–H and O–H groups in total. The fourth-order valence-corrected chi connectivity index (χ4v) is 4.05. The summed E-state index contributed by atoms with van der Waals surface area (Å²) in [5.41, 5.74) is 1.97. The number of carbonyl (C=O) groups excluding carboxylic acids is 3. The number of benzene rings is 3. The number of hydrogen-bond donors (Lipinski definition) is 1. The second-order valence-corrected chi connectivity index (χ2v) is 9.41. The predicted octanol–water partition coefficient (Wildman–Crippen LogP) is 5.49. The molecule has 1 heterocycles. The number of para-hydroxylation sites is 1. The lowest BCUT2D eigenvalue weighted by atomic mass is 10.1. The molecule has 0 spiro atoms. The van der Waals surface area contributed by atoms with Crippen LogP contribution in [0.5, 0.6) is 17.2 Å². The van der Waals surface area contributed by atoms with Crippen molar-refractivity contribution in [2.75, 3.05) is 13.7 Å². The number of hydrogen-bond acceptors (Lipinski definition) is 6. The van der Waals surface area contributed by atoms with Crippen LogP contribution in [0.2, 0.25) is 0 Å². The van der Waals surface area contributed by atoms with Gasteiger partial charge in [-0.3, -0.25) is 19.8 Å². The molecule has 0 radical (unpaired) electrons. The van der Waals surface area contributed by atoms with Gasteiger partial charge < -0.3 is 14.2 Å². The van der Waals surface area contributed by atoms with Gasteiger partial charge in [-0.25, -0.2) is 4.79 Å². The van der Waals surface area contributed by atoms with E-state index in [4.69, 9.17) is 14.2 Å². The molecule has 0 saturated carbocycles. The van der Waals surface area contributed by atoms with E-state index in [1.165, 1.54) is 13.2 Å². The molecule has 1 saturated heterocycles. The van der Waals surface area contributed by atoms with Crippen molar-refractivity contribution in [1.82, 2.24) is 10.2 Å². The van der Waals surface area contributed by atoms with Gasteiger partial charge in [-0.1, -0.05) is 59.3 Å². The number of nitrogens with one attached hydrogen (secondary N) is 1. The number of carbonyl (C=O) groups is 3. The molecule has 0 aliphatic carbocycles. The lowest BCUT2D eigenvalue weighted by Crippen LogP contribution is -2.53. The molecule has 1 aliphatic heterocycles.